The summed E-state index contributed by atoms with van der Waals surface area (Å²) < 4.78 is 1.06. The summed E-state index contributed by atoms with van der Waals surface area (Å²) in [5.41, 5.74) is 1.14. The van der Waals surface area contributed by atoms with Crippen molar-refractivity contribution in [3.63, 3.8) is 0 Å². The molecule has 0 atom stereocenters. The van der Waals surface area contributed by atoms with E-state index in [0.717, 1.165) is 4.47 Å². The number of carbonyl (C=O) groups excluding carboxylic acids is 1. The van der Waals surface area contributed by atoms with Crippen molar-refractivity contribution < 1.29 is 4.79 Å². The van der Waals surface area contributed by atoms with Gasteiger partial charge in [-0.05, 0) is 17.7 Å². The number of carbonyl (C=O) groups is 1. The molecule has 0 radical (unpaired) electrons. The monoisotopic (exact) mass is 333 g/mol. The fraction of sp³-hybridized carbons (Fsp3) is 0.364. The van der Waals surface area contributed by atoms with Crippen LogP contribution < -0.4 is 5.32 Å². The smallest absolute Gasteiger partial charge is 0.287 e. The maximum absolute atomic E-state index is 10.8. The molecule has 0 unspecified atom stereocenters. The fourth-order valence-corrected chi connectivity index (χ4v) is 1.70. The van der Waals surface area contributed by atoms with Crippen LogP contribution >= 0.6 is 31.9 Å². The second kappa shape index (κ2) is 5.12. The van der Waals surface area contributed by atoms with E-state index in [-0.39, 0.29) is 10.2 Å². The second-order valence-electron chi connectivity index (χ2n) is 4.02. The van der Waals surface area contributed by atoms with Gasteiger partial charge in [-0.2, -0.15) is 0 Å². The highest BCUT2D eigenvalue weighted by molar-refractivity contribution is 9.18. The number of nitrogens with one attached hydrogen (secondary N) is 1. The Bertz CT molecular complexity index is 346. The zero-order valence-corrected chi connectivity index (χ0v) is 11.9. The standard InChI is InChI=1S/C11H13Br2NO/c1-11(2,7-14-10(13)15)8-3-5-9(12)6-4-8/h3-6H,7H2,1-2H3,(H,14,15). The van der Waals surface area contributed by atoms with Crippen molar-refractivity contribution in [3.8, 4) is 0 Å². The summed E-state index contributed by atoms with van der Waals surface area (Å²) in [7, 11) is 0. The van der Waals surface area contributed by atoms with Gasteiger partial charge in [-0.1, -0.05) is 41.9 Å². The highest BCUT2D eigenvalue weighted by atomic mass is 79.9. The average molecular weight is 335 g/mol. The summed E-state index contributed by atoms with van der Waals surface area (Å²) in [6.45, 7) is 4.80. The van der Waals surface area contributed by atoms with E-state index in [0.29, 0.717) is 6.54 Å². The first-order chi connectivity index (χ1) is 6.92. The molecule has 1 aromatic rings. The van der Waals surface area contributed by atoms with E-state index in [1.54, 1.807) is 0 Å². The molecule has 1 N–H and O–H groups in total. The summed E-state index contributed by atoms with van der Waals surface area (Å²) in [4.78, 5) is 10.6. The van der Waals surface area contributed by atoms with Crippen LogP contribution in [0.15, 0.2) is 28.7 Å². The molecule has 0 saturated heterocycles. The quantitative estimate of drug-likeness (QED) is 0.660. The molecule has 0 heterocycles. The van der Waals surface area contributed by atoms with E-state index in [1.165, 1.54) is 5.56 Å². The minimum atomic E-state index is -0.173. The first-order valence-electron chi connectivity index (χ1n) is 4.61. The number of benzene rings is 1. The highest BCUT2D eigenvalue weighted by Crippen LogP contribution is 2.24. The molecule has 1 amide bonds. The van der Waals surface area contributed by atoms with Gasteiger partial charge in [0.2, 0.25) is 0 Å². The van der Waals surface area contributed by atoms with Crippen LogP contribution in [-0.4, -0.2) is 11.4 Å². The van der Waals surface area contributed by atoms with Crippen molar-refractivity contribution in [3.05, 3.63) is 34.3 Å². The van der Waals surface area contributed by atoms with E-state index < -0.39 is 0 Å². The number of rotatable bonds is 3. The first-order valence-corrected chi connectivity index (χ1v) is 6.20. The van der Waals surface area contributed by atoms with Crippen LogP contribution in [0, 0.1) is 0 Å². The van der Waals surface area contributed by atoms with Gasteiger partial charge in [-0.15, -0.1) is 0 Å². The lowest BCUT2D eigenvalue weighted by Crippen LogP contribution is -2.33. The topological polar surface area (TPSA) is 29.1 Å². The normalized spacial score (nSPS) is 11.2. The Morgan fingerprint density at radius 3 is 2.33 bits per heavy atom. The minimum Gasteiger partial charge on any atom is -0.346 e. The van der Waals surface area contributed by atoms with Crippen molar-refractivity contribution in [2.75, 3.05) is 6.54 Å². The molecule has 0 aromatic heterocycles. The third-order valence-electron chi connectivity index (χ3n) is 2.30. The maximum atomic E-state index is 10.8. The lowest BCUT2D eigenvalue weighted by molar-refractivity contribution is 0.259. The molecular weight excluding hydrogens is 322 g/mol. The molecule has 4 heteroatoms. The molecule has 82 valence electrons. The Morgan fingerprint density at radius 1 is 1.33 bits per heavy atom. The van der Waals surface area contributed by atoms with Crippen LogP contribution in [0.25, 0.3) is 0 Å². The van der Waals surface area contributed by atoms with E-state index in [9.17, 15) is 4.79 Å². The van der Waals surface area contributed by atoms with Crippen LogP contribution in [0.5, 0.6) is 0 Å². The Balaban J connectivity index is 2.76. The van der Waals surface area contributed by atoms with E-state index in [2.05, 4.69) is 63.2 Å². The average Bonchev–Trinajstić information content (AvgIpc) is 2.16. The van der Waals surface area contributed by atoms with Crippen molar-refractivity contribution >= 4 is 36.7 Å². The minimum absolute atomic E-state index is 0.0653. The maximum Gasteiger partial charge on any atom is 0.287 e. The van der Waals surface area contributed by atoms with Gasteiger partial charge in [0.15, 0.2) is 0 Å². The zero-order valence-electron chi connectivity index (χ0n) is 8.68. The van der Waals surface area contributed by atoms with Crippen molar-refractivity contribution in [1.82, 2.24) is 5.32 Å². The molecule has 0 spiro atoms. The molecule has 1 rings (SSSR count). The third kappa shape index (κ3) is 3.95. The molecule has 2 nitrogen and oxygen atoms in total. The predicted molar refractivity (Wildman–Crippen MR) is 69.5 cm³/mol. The van der Waals surface area contributed by atoms with Gasteiger partial charge in [0, 0.05) is 32.4 Å². The predicted octanol–water partition coefficient (Wildman–Crippen LogP) is 3.83. The van der Waals surface area contributed by atoms with E-state index in [1.807, 2.05) is 12.1 Å². The molecule has 0 fully saturated rings. The molecule has 0 aliphatic rings. The van der Waals surface area contributed by atoms with Crippen LogP contribution in [-0.2, 0) is 5.41 Å². The SMILES string of the molecule is CC(C)(CNC(=O)Br)c1ccc(Br)cc1. The fourth-order valence-electron chi connectivity index (χ4n) is 1.29. The summed E-state index contributed by atoms with van der Waals surface area (Å²) >= 11 is 6.25. The molecular formula is C11H13Br2NO. The number of hydrogen-bond donors (Lipinski definition) is 1. The number of halogens is 2. The van der Waals surface area contributed by atoms with Crippen LogP contribution in [0.1, 0.15) is 19.4 Å². The van der Waals surface area contributed by atoms with Gasteiger partial charge >= 0.3 is 0 Å². The number of hydrogen-bond acceptors (Lipinski definition) is 1. The van der Waals surface area contributed by atoms with Crippen LogP contribution in [0.2, 0.25) is 0 Å². The number of amides is 1. The van der Waals surface area contributed by atoms with Gasteiger partial charge in [-0.25, -0.2) is 0 Å². The van der Waals surface area contributed by atoms with Gasteiger partial charge in [-0.3, -0.25) is 4.79 Å². The van der Waals surface area contributed by atoms with Gasteiger partial charge in [0.25, 0.3) is 4.82 Å². The van der Waals surface area contributed by atoms with Gasteiger partial charge in [0.1, 0.15) is 0 Å². The Labute approximate surface area is 107 Å². The summed E-state index contributed by atoms with van der Waals surface area (Å²) in [6, 6.07) is 8.13. The van der Waals surface area contributed by atoms with Crippen molar-refractivity contribution in [2.24, 2.45) is 0 Å². The third-order valence-corrected chi connectivity index (χ3v) is 3.10. The first kappa shape index (κ1) is 12.7. The Hall–Kier alpha value is -0.350. The zero-order chi connectivity index (χ0) is 11.5. The second-order valence-corrected chi connectivity index (χ2v) is 5.65. The highest BCUT2D eigenvalue weighted by Gasteiger charge is 2.20. The lowest BCUT2D eigenvalue weighted by atomic mass is 9.85. The molecule has 0 aliphatic heterocycles. The van der Waals surface area contributed by atoms with Crippen LogP contribution in [0.3, 0.4) is 0 Å². The molecule has 0 bridgehead atoms. The summed E-state index contributed by atoms with van der Waals surface area (Å²) in [5, 5.41) is 2.76. The summed E-state index contributed by atoms with van der Waals surface area (Å²) in [5.74, 6) is 0. The van der Waals surface area contributed by atoms with Crippen LogP contribution in [0.4, 0.5) is 4.79 Å². The molecule has 15 heavy (non-hydrogen) atoms. The molecule has 0 saturated carbocycles. The molecule has 0 aliphatic carbocycles. The summed E-state index contributed by atoms with van der Waals surface area (Å²) in [6.07, 6.45) is 0. The Kier molecular flexibility index (Phi) is 4.34. The van der Waals surface area contributed by atoms with Gasteiger partial charge < -0.3 is 5.32 Å². The van der Waals surface area contributed by atoms with Crippen molar-refractivity contribution in [1.29, 1.82) is 0 Å². The lowest BCUT2D eigenvalue weighted by Gasteiger charge is -2.25. The van der Waals surface area contributed by atoms with Crippen molar-refractivity contribution in [2.45, 2.75) is 19.3 Å². The van der Waals surface area contributed by atoms with E-state index in [4.69, 9.17) is 0 Å². The molecule has 1 aromatic carbocycles. The van der Waals surface area contributed by atoms with Gasteiger partial charge in [0.05, 0.1) is 0 Å². The van der Waals surface area contributed by atoms with E-state index >= 15 is 0 Å². The Morgan fingerprint density at radius 2 is 1.87 bits per heavy atom. The largest absolute Gasteiger partial charge is 0.346 e.